The van der Waals surface area contributed by atoms with E-state index in [0.717, 1.165) is 30.7 Å². The van der Waals surface area contributed by atoms with Gasteiger partial charge in [0, 0.05) is 6.54 Å². The summed E-state index contributed by atoms with van der Waals surface area (Å²) in [5.41, 5.74) is 10.2. The number of hydrogen-bond acceptors (Lipinski definition) is 8. The Morgan fingerprint density at radius 2 is 2.03 bits per heavy atom. The first-order valence-electron chi connectivity index (χ1n) is 9.29. The Kier molecular flexibility index (Phi) is 3.71. The molecule has 5 N–H and O–H groups in total. The van der Waals surface area contributed by atoms with Crippen LogP contribution in [0.2, 0.25) is 0 Å². The van der Waals surface area contributed by atoms with Crippen LogP contribution in [-0.4, -0.2) is 64.3 Å². The van der Waals surface area contributed by atoms with Crippen LogP contribution in [0.3, 0.4) is 0 Å². The van der Waals surface area contributed by atoms with Crippen LogP contribution in [0.5, 0.6) is 0 Å². The highest BCUT2D eigenvalue weighted by Gasteiger charge is 2.65. The molecule has 2 bridgehead atoms. The van der Waals surface area contributed by atoms with Gasteiger partial charge in [-0.1, -0.05) is 0 Å². The first-order chi connectivity index (χ1) is 13.6. The van der Waals surface area contributed by atoms with E-state index in [0.29, 0.717) is 24.7 Å². The molecule has 4 fully saturated rings. The monoisotopic (exact) mass is 427 g/mol. The van der Waals surface area contributed by atoms with Gasteiger partial charge in [0.05, 0.1) is 18.0 Å². The maximum atomic E-state index is 12.8. The number of fused-ring (bicyclic) bond motifs is 3. The summed E-state index contributed by atoms with van der Waals surface area (Å²) in [5.74, 6) is 0.719. The Morgan fingerprint density at radius 3 is 2.62 bits per heavy atom. The second-order valence-electron chi connectivity index (χ2n) is 8.33. The maximum Gasteiger partial charge on any atom is 0.418 e. The van der Waals surface area contributed by atoms with E-state index >= 15 is 0 Å². The summed E-state index contributed by atoms with van der Waals surface area (Å²) in [6, 6.07) is -1.59. The van der Waals surface area contributed by atoms with E-state index in [4.69, 9.17) is 20.4 Å². The van der Waals surface area contributed by atoms with Crippen molar-refractivity contribution in [3.8, 4) is 0 Å². The van der Waals surface area contributed by atoms with Crippen molar-refractivity contribution < 1.29 is 26.5 Å². The van der Waals surface area contributed by atoms with Gasteiger partial charge in [0.25, 0.3) is 0 Å². The summed E-state index contributed by atoms with van der Waals surface area (Å²) in [6.07, 6.45) is 3.82. The van der Waals surface area contributed by atoms with Crippen molar-refractivity contribution in [2.45, 2.75) is 49.6 Å². The van der Waals surface area contributed by atoms with Crippen molar-refractivity contribution in [3.63, 3.8) is 0 Å². The lowest BCUT2D eigenvalue weighted by atomic mass is 9.85. The van der Waals surface area contributed by atoms with E-state index in [9.17, 15) is 13.2 Å². The fraction of sp³-hybridized carbons (Fsp3) is 0.733. The average Bonchev–Trinajstić information content (AvgIpc) is 3.53. The normalized spacial score (nSPS) is 28.7. The first-order valence-corrected chi connectivity index (χ1v) is 10.7. The van der Waals surface area contributed by atoms with Crippen molar-refractivity contribution >= 4 is 22.4 Å². The third kappa shape index (κ3) is 3.02. The molecule has 2 aliphatic carbocycles. The van der Waals surface area contributed by atoms with Gasteiger partial charge in [-0.2, -0.15) is 13.5 Å². The molecule has 1 spiro atoms. The number of hydroxylamine groups is 2. The zero-order valence-corrected chi connectivity index (χ0v) is 16.2. The average molecular weight is 427 g/mol. The first kappa shape index (κ1) is 18.6. The molecule has 13 nitrogen and oxygen atoms in total. The Bertz CT molecular complexity index is 995. The lowest BCUT2D eigenvalue weighted by molar-refractivity contribution is -0.0530. The summed E-state index contributed by atoms with van der Waals surface area (Å²) < 4.78 is 41.9. The number of carbonyl (C=O) groups is 1. The fourth-order valence-electron chi connectivity index (χ4n) is 4.45. The molecule has 0 aromatic carbocycles. The lowest BCUT2D eigenvalue weighted by Crippen LogP contribution is -2.43. The van der Waals surface area contributed by atoms with E-state index in [-0.39, 0.29) is 23.3 Å². The van der Waals surface area contributed by atoms with Gasteiger partial charge in [-0.15, -0.1) is 14.5 Å². The van der Waals surface area contributed by atoms with Gasteiger partial charge < -0.3 is 20.8 Å². The largest absolute Gasteiger partial charge is 0.422 e. The Balaban J connectivity index is 1.41. The van der Waals surface area contributed by atoms with Crippen molar-refractivity contribution in [1.82, 2.24) is 20.2 Å². The van der Waals surface area contributed by atoms with Crippen molar-refractivity contribution in [2.24, 2.45) is 21.9 Å². The predicted octanol–water partition coefficient (Wildman–Crippen LogP) is -0.560. The van der Waals surface area contributed by atoms with E-state index in [1.165, 1.54) is 4.90 Å². The molecule has 2 atom stereocenters. The standard InChI is InChI=1S/C15H21N7O6S/c16-12(17)18-7-15(3-4-15)11-20-19-10(27-11)8-5-14(1-2-14)9-6-21(8)13(23)22(9)28-29(24,25)26/h8-9H,1-7H2,(H4,16,17,18)(H,24,25,26)/t8-,9-/m0/s1. The summed E-state index contributed by atoms with van der Waals surface area (Å²) in [7, 11) is -4.81. The van der Waals surface area contributed by atoms with Crippen LogP contribution < -0.4 is 11.5 Å². The highest BCUT2D eigenvalue weighted by atomic mass is 32.3. The van der Waals surface area contributed by atoms with E-state index < -0.39 is 28.5 Å². The number of aromatic nitrogens is 2. The zero-order chi connectivity index (χ0) is 20.6. The molecular weight excluding hydrogens is 406 g/mol. The van der Waals surface area contributed by atoms with Gasteiger partial charge in [0.15, 0.2) is 5.96 Å². The number of aliphatic imine (C=N–C) groups is 1. The molecule has 29 heavy (non-hydrogen) atoms. The van der Waals surface area contributed by atoms with Crippen LogP contribution in [-0.2, 0) is 20.1 Å². The van der Waals surface area contributed by atoms with Gasteiger partial charge in [-0.25, -0.2) is 4.79 Å². The fourth-order valence-corrected chi connectivity index (χ4v) is 4.82. The predicted molar refractivity (Wildman–Crippen MR) is 95.3 cm³/mol. The van der Waals surface area contributed by atoms with Crippen molar-refractivity contribution in [1.29, 1.82) is 0 Å². The third-order valence-corrected chi connectivity index (χ3v) is 6.78. The van der Waals surface area contributed by atoms with Crippen LogP contribution in [0.25, 0.3) is 0 Å². The number of nitrogens with zero attached hydrogens (tertiary/aromatic N) is 5. The summed E-state index contributed by atoms with van der Waals surface area (Å²) in [4.78, 5) is 18.3. The zero-order valence-electron chi connectivity index (χ0n) is 15.4. The molecule has 2 amide bonds. The molecule has 2 aliphatic heterocycles. The highest BCUT2D eigenvalue weighted by molar-refractivity contribution is 7.80. The van der Waals surface area contributed by atoms with Gasteiger partial charge in [0.1, 0.15) is 6.04 Å². The minimum atomic E-state index is -4.81. The number of amides is 2. The van der Waals surface area contributed by atoms with E-state index in [1.807, 2.05) is 0 Å². The van der Waals surface area contributed by atoms with Crippen LogP contribution in [0.4, 0.5) is 4.79 Å². The highest BCUT2D eigenvalue weighted by Crippen LogP contribution is 2.62. The number of piperidine rings is 1. The molecule has 0 unspecified atom stereocenters. The summed E-state index contributed by atoms with van der Waals surface area (Å²) >= 11 is 0. The minimum Gasteiger partial charge on any atom is -0.422 e. The Hall–Kier alpha value is -2.45. The molecule has 158 valence electrons. The number of rotatable bonds is 6. The van der Waals surface area contributed by atoms with Crippen molar-refractivity contribution in [2.75, 3.05) is 13.1 Å². The number of urea groups is 1. The molecule has 2 saturated carbocycles. The summed E-state index contributed by atoms with van der Waals surface area (Å²) in [6.45, 7) is 0.613. The quantitative estimate of drug-likeness (QED) is 0.301. The van der Waals surface area contributed by atoms with Crippen LogP contribution in [0.1, 0.15) is 49.9 Å². The minimum absolute atomic E-state index is 0.00778. The smallest absolute Gasteiger partial charge is 0.418 e. The molecule has 0 radical (unpaired) electrons. The molecule has 1 aromatic rings. The van der Waals surface area contributed by atoms with Crippen LogP contribution >= 0.6 is 0 Å². The molecule has 4 aliphatic rings. The number of hydrogen-bond donors (Lipinski definition) is 3. The van der Waals surface area contributed by atoms with Gasteiger partial charge in [-0.05, 0) is 37.5 Å². The lowest BCUT2D eigenvalue weighted by Gasteiger charge is -2.34. The van der Waals surface area contributed by atoms with Gasteiger partial charge >= 0.3 is 16.4 Å². The van der Waals surface area contributed by atoms with Crippen LogP contribution in [0.15, 0.2) is 9.41 Å². The Morgan fingerprint density at radius 1 is 1.31 bits per heavy atom. The van der Waals surface area contributed by atoms with E-state index in [2.05, 4.69) is 19.5 Å². The summed E-state index contributed by atoms with van der Waals surface area (Å²) in [5, 5.41) is 9.10. The molecule has 3 heterocycles. The Labute approximate surface area is 166 Å². The second-order valence-corrected chi connectivity index (χ2v) is 9.33. The van der Waals surface area contributed by atoms with Gasteiger partial charge in [-0.3, -0.25) is 9.55 Å². The molecule has 2 saturated heterocycles. The SMILES string of the molecule is NC(N)=NCC1(c2nnc([C@@H]3CC4(CC4)[C@@H]4CN3C(=O)N4OS(=O)(=O)O)o2)CC1. The second kappa shape index (κ2) is 5.79. The van der Waals surface area contributed by atoms with Gasteiger partial charge in [0.2, 0.25) is 11.8 Å². The van der Waals surface area contributed by atoms with E-state index in [1.54, 1.807) is 0 Å². The molecule has 1 aromatic heterocycles. The number of guanidine groups is 1. The van der Waals surface area contributed by atoms with Crippen LogP contribution in [0, 0.1) is 5.41 Å². The molecule has 5 rings (SSSR count). The maximum absolute atomic E-state index is 12.8. The third-order valence-electron chi connectivity index (χ3n) is 6.43. The number of nitrogens with two attached hydrogens (primary N) is 2. The molecule has 14 heteroatoms. The number of carbonyl (C=O) groups excluding carboxylic acids is 1. The topological polar surface area (TPSA) is 190 Å². The van der Waals surface area contributed by atoms with Crippen molar-refractivity contribution in [3.05, 3.63) is 11.8 Å². The molecular formula is C15H21N7O6S.